The third-order valence-electron chi connectivity index (χ3n) is 3.85. The summed E-state index contributed by atoms with van der Waals surface area (Å²) in [6, 6.07) is 12.6. The van der Waals surface area contributed by atoms with E-state index in [2.05, 4.69) is 10.3 Å². The van der Waals surface area contributed by atoms with Gasteiger partial charge in [-0.1, -0.05) is 24.3 Å². The number of nitrogens with one attached hydrogen (secondary N) is 1. The third kappa shape index (κ3) is 2.13. The first-order valence-corrected chi connectivity index (χ1v) is 7.02. The number of benzene rings is 2. The van der Waals surface area contributed by atoms with Crippen molar-refractivity contribution in [2.75, 3.05) is 5.32 Å². The largest absolute Gasteiger partial charge is 0.463 e. The van der Waals surface area contributed by atoms with Gasteiger partial charge < -0.3 is 10.1 Å². The Morgan fingerprint density at radius 3 is 2.83 bits per heavy atom. The van der Waals surface area contributed by atoms with E-state index < -0.39 is 17.1 Å². The predicted octanol–water partition coefficient (Wildman–Crippen LogP) is 2.76. The number of aliphatic imine (C=N–C) groups is 1. The fraction of sp³-hybridized carbons (Fsp3) is 0.125. The Bertz CT molecular complexity index is 862. The van der Waals surface area contributed by atoms with Crippen LogP contribution in [-0.2, 0) is 9.53 Å². The van der Waals surface area contributed by atoms with Crippen molar-refractivity contribution >= 4 is 28.7 Å². The molecule has 0 bridgehead atoms. The van der Waals surface area contributed by atoms with Crippen LogP contribution in [0.1, 0.15) is 11.7 Å². The Morgan fingerprint density at radius 1 is 1.17 bits per heavy atom. The molecule has 2 aliphatic rings. The van der Waals surface area contributed by atoms with E-state index in [9.17, 15) is 14.9 Å². The van der Waals surface area contributed by atoms with Gasteiger partial charge in [-0.2, -0.15) is 0 Å². The second kappa shape index (κ2) is 4.91. The van der Waals surface area contributed by atoms with Crippen molar-refractivity contribution in [3.8, 4) is 0 Å². The molecule has 0 unspecified atom stereocenters. The number of anilines is 1. The van der Waals surface area contributed by atoms with Crippen molar-refractivity contribution in [3.05, 3.63) is 64.2 Å². The van der Waals surface area contributed by atoms with Crippen molar-refractivity contribution in [1.82, 2.24) is 0 Å². The summed E-state index contributed by atoms with van der Waals surface area (Å²) < 4.78 is 5.67. The lowest BCUT2D eigenvalue weighted by Crippen LogP contribution is -2.33. The van der Waals surface area contributed by atoms with Gasteiger partial charge in [-0.25, -0.2) is 4.99 Å². The van der Waals surface area contributed by atoms with Crippen LogP contribution in [0.15, 0.2) is 53.5 Å². The monoisotopic (exact) mass is 309 g/mol. The van der Waals surface area contributed by atoms with E-state index in [0.717, 1.165) is 5.69 Å². The summed E-state index contributed by atoms with van der Waals surface area (Å²) in [6.45, 7) is 0. The number of non-ortho nitro benzene ring substituents is 1. The maximum atomic E-state index is 12.6. The maximum absolute atomic E-state index is 12.6. The molecule has 7 nitrogen and oxygen atoms in total. The van der Waals surface area contributed by atoms with E-state index in [-0.39, 0.29) is 11.5 Å². The van der Waals surface area contributed by atoms with Gasteiger partial charge in [0, 0.05) is 17.7 Å². The molecule has 1 fully saturated rings. The zero-order valence-corrected chi connectivity index (χ0v) is 11.8. The molecular formula is C16H11N3O4. The van der Waals surface area contributed by atoms with Crippen molar-refractivity contribution in [1.29, 1.82) is 0 Å². The molecule has 4 rings (SSSR count). The Kier molecular flexibility index (Phi) is 2.87. The van der Waals surface area contributed by atoms with Crippen LogP contribution >= 0.6 is 0 Å². The molecule has 0 spiro atoms. The maximum Gasteiger partial charge on any atom is 0.269 e. The van der Waals surface area contributed by atoms with Gasteiger partial charge in [0.05, 0.1) is 16.3 Å². The second-order valence-electron chi connectivity index (χ2n) is 5.30. The number of fused-ring (bicyclic) bond motifs is 2. The molecule has 114 valence electrons. The quantitative estimate of drug-likeness (QED) is 0.680. The molecule has 0 aliphatic carbocycles. The highest BCUT2D eigenvalue weighted by atomic mass is 16.6. The highest BCUT2D eigenvalue weighted by Gasteiger charge is 2.44. The average molecular weight is 309 g/mol. The number of rotatable bonds is 2. The van der Waals surface area contributed by atoms with E-state index in [1.54, 1.807) is 6.07 Å². The number of para-hydroxylation sites is 2. The van der Waals surface area contributed by atoms with Crippen LogP contribution in [0.25, 0.3) is 0 Å². The lowest BCUT2D eigenvalue weighted by molar-refractivity contribution is -0.384. The number of ketones is 1. The standard InChI is InChI=1S/C16H11N3O4/c20-14-13-16(18-12-7-2-1-6-11(12)17-13)23-15(14)9-4-3-5-10(8-9)19(21)22/h1-8,13,15,17H/t13-,15+/m0/s1. The second-order valence-corrected chi connectivity index (χ2v) is 5.30. The van der Waals surface area contributed by atoms with Gasteiger partial charge in [0.25, 0.3) is 5.69 Å². The molecule has 1 saturated heterocycles. The minimum atomic E-state index is -0.888. The van der Waals surface area contributed by atoms with Crippen molar-refractivity contribution < 1.29 is 14.5 Å². The number of nitrogens with zero attached hydrogens (tertiary/aromatic N) is 2. The van der Waals surface area contributed by atoms with Crippen LogP contribution in [0, 0.1) is 10.1 Å². The zero-order valence-electron chi connectivity index (χ0n) is 11.8. The van der Waals surface area contributed by atoms with E-state index in [1.165, 1.54) is 18.2 Å². The summed E-state index contributed by atoms with van der Waals surface area (Å²) in [5.41, 5.74) is 1.84. The normalized spacial score (nSPS) is 21.6. The van der Waals surface area contributed by atoms with Crippen molar-refractivity contribution in [3.63, 3.8) is 0 Å². The predicted molar refractivity (Wildman–Crippen MR) is 82.9 cm³/mol. The number of hydrogen-bond acceptors (Lipinski definition) is 6. The topological polar surface area (TPSA) is 93.8 Å². The highest BCUT2D eigenvalue weighted by molar-refractivity contribution is 6.16. The van der Waals surface area contributed by atoms with Gasteiger partial charge in [-0.3, -0.25) is 14.9 Å². The lowest BCUT2D eigenvalue weighted by Gasteiger charge is -2.18. The van der Waals surface area contributed by atoms with Gasteiger partial charge in [0.2, 0.25) is 11.7 Å². The summed E-state index contributed by atoms with van der Waals surface area (Å²) in [6.07, 6.45) is -0.888. The molecule has 23 heavy (non-hydrogen) atoms. The fourth-order valence-corrected chi connectivity index (χ4v) is 2.74. The number of ether oxygens (including phenoxy) is 1. The van der Waals surface area contributed by atoms with Crippen LogP contribution < -0.4 is 5.32 Å². The van der Waals surface area contributed by atoms with Crippen LogP contribution in [0.4, 0.5) is 17.1 Å². The first kappa shape index (κ1) is 13.4. The van der Waals surface area contributed by atoms with Gasteiger partial charge >= 0.3 is 0 Å². The summed E-state index contributed by atoms with van der Waals surface area (Å²) in [4.78, 5) is 27.4. The number of nitro benzene ring substituents is 1. The Balaban J connectivity index is 1.69. The first-order valence-electron chi connectivity index (χ1n) is 7.02. The van der Waals surface area contributed by atoms with E-state index in [0.29, 0.717) is 17.1 Å². The molecule has 2 atom stereocenters. The lowest BCUT2D eigenvalue weighted by atomic mass is 10.0. The number of hydrogen-bond donors (Lipinski definition) is 1. The summed E-state index contributed by atoms with van der Waals surface area (Å²) in [5, 5.41) is 14.0. The van der Waals surface area contributed by atoms with E-state index in [4.69, 9.17) is 4.74 Å². The van der Waals surface area contributed by atoms with Gasteiger partial charge in [-0.05, 0) is 12.1 Å². The fourth-order valence-electron chi connectivity index (χ4n) is 2.74. The number of carbonyl (C=O) groups is 1. The molecule has 2 aromatic carbocycles. The first-order chi connectivity index (χ1) is 11.1. The number of nitro groups is 1. The summed E-state index contributed by atoms with van der Waals surface area (Å²) in [5.74, 6) is 0.0870. The molecule has 2 aliphatic heterocycles. The average Bonchev–Trinajstić information content (AvgIpc) is 2.89. The van der Waals surface area contributed by atoms with E-state index in [1.807, 2.05) is 24.3 Å². The Labute approximate surface area is 130 Å². The molecule has 0 amide bonds. The highest BCUT2D eigenvalue weighted by Crippen LogP contribution is 2.37. The molecular weight excluding hydrogens is 298 g/mol. The third-order valence-corrected chi connectivity index (χ3v) is 3.85. The molecule has 2 aromatic rings. The zero-order chi connectivity index (χ0) is 16.0. The molecule has 2 heterocycles. The smallest absolute Gasteiger partial charge is 0.269 e. The minimum Gasteiger partial charge on any atom is -0.463 e. The van der Waals surface area contributed by atoms with Gasteiger partial charge in [-0.15, -0.1) is 0 Å². The SMILES string of the molecule is O=C1[C@@H]2Nc3ccccc3N=C2O[C@@H]1c1cccc([N+](=O)[O-])c1. The van der Waals surface area contributed by atoms with Crippen LogP contribution in [0.3, 0.4) is 0 Å². The Hall–Kier alpha value is -3.22. The van der Waals surface area contributed by atoms with Gasteiger partial charge in [0.15, 0.2) is 12.1 Å². The molecule has 1 N–H and O–H groups in total. The molecule has 0 radical (unpaired) electrons. The summed E-state index contributed by atoms with van der Waals surface area (Å²) in [7, 11) is 0. The molecule has 7 heteroatoms. The minimum absolute atomic E-state index is 0.0769. The molecule has 0 aromatic heterocycles. The van der Waals surface area contributed by atoms with Crippen LogP contribution in [0.2, 0.25) is 0 Å². The van der Waals surface area contributed by atoms with Crippen LogP contribution in [0.5, 0.6) is 0 Å². The van der Waals surface area contributed by atoms with Crippen LogP contribution in [-0.4, -0.2) is 22.6 Å². The number of carbonyl (C=O) groups excluding carboxylic acids is 1. The van der Waals surface area contributed by atoms with Crippen molar-refractivity contribution in [2.24, 2.45) is 4.99 Å². The summed E-state index contributed by atoms with van der Waals surface area (Å²) >= 11 is 0. The van der Waals surface area contributed by atoms with E-state index >= 15 is 0 Å². The Morgan fingerprint density at radius 2 is 2.00 bits per heavy atom. The van der Waals surface area contributed by atoms with Crippen molar-refractivity contribution in [2.45, 2.75) is 12.1 Å². The van der Waals surface area contributed by atoms with Gasteiger partial charge in [0.1, 0.15) is 0 Å². The molecule has 0 saturated carbocycles. The number of Topliss-reactive ketones (excluding diaryl/α,β-unsaturated/α-hetero) is 1.